The molecule has 0 fully saturated rings. The Morgan fingerprint density at radius 2 is 1.75 bits per heavy atom. The number of carbonyl (C=O) groups is 2. The maximum Gasteiger partial charge on any atom is 0.354 e. The van der Waals surface area contributed by atoms with Gasteiger partial charge in [-0.3, -0.25) is 0 Å². The van der Waals surface area contributed by atoms with E-state index in [2.05, 4.69) is 19.8 Å². The Morgan fingerprint density at radius 1 is 1.04 bits per heavy atom. The molecule has 0 unspecified atom stereocenters. The summed E-state index contributed by atoms with van der Waals surface area (Å²) in [5.74, 6) is -0.644. The van der Waals surface area contributed by atoms with Crippen molar-refractivity contribution in [1.29, 1.82) is 0 Å². The van der Waals surface area contributed by atoms with Gasteiger partial charge in [-0.1, -0.05) is 35.3 Å². The molecule has 1 aliphatic heterocycles. The third-order valence-corrected chi connectivity index (χ3v) is 5.04. The van der Waals surface area contributed by atoms with E-state index in [4.69, 9.17) is 23.2 Å². The first-order chi connectivity index (χ1) is 13.4. The summed E-state index contributed by atoms with van der Waals surface area (Å²) >= 11 is 11.9. The minimum Gasteiger partial charge on any atom is -0.467 e. The molecule has 1 aliphatic rings. The molecule has 0 radical (unpaired) electrons. The molecule has 6 nitrogen and oxygen atoms in total. The summed E-state index contributed by atoms with van der Waals surface area (Å²) < 4.78 is 9.25. The predicted molar refractivity (Wildman–Crippen MR) is 109 cm³/mol. The number of esters is 2. The van der Waals surface area contributed by atoms with Gasteiger partial charge in [0.05, 0.1) is 14.2 Å². The van der Waals surface area contributed by atoms with Crippen LogP contribution in [0.2, 0.25) is 10.0 Å². The van der Waals surface area contributed by atoms with E-state index in [1.54, 1.807) is 12.1 Å². The molecular formula is C20H18Cl2N2O4. The summed E-state index contributed by atoms with van der Waals surface area (Å²) in [5, 5.41) is 5.21. The van der Waals surface area contributed by atoms with Crippen LogP contribution in [0.3, 0.4) is 0 Å². The zero-order valence-electron chi connectivity index (χ0n) is 15.2. The standard InChI is InChI=1S/C10H10ClNO2.C10H8ClNO2/c2*1-14-10(13)9-5-6-7(11)3-2-4-8(6)12-9/h2-4,9,12H,5H2,1H3;2-5,12H,1H3/t9-;/m1./s1. The SMILES string of the molecule is COC(=O)[C@H]1Cc2c(Cl)cccc2N1.COC(=O)c1cc2c(Cl)cccc2[nH]1. The summed E-state index contributed by atoms with van der Waals surface area (Å²) in [6.07, 6.45) is 0.599. The van der Waals surface area contributed by atoms with Crippen LogP contribution in [0.15, 0.2) is 42.5 Å². The highest BCUT2D eigenvalue weighted by atomic mass is 35.5. The molecule has 0 saturated carbocycles. The maximum absolute atomic E-state index is 11.3. The zero-order chi connectivity index (χ0) is 20.3. The molecule has 0 aliphatic carbocycles. The summed E-state index contributed by atoms with van der Waals surface area (Å²) in [5.41, 5.74) is 3.16. The van der Waals surface area contributed by atoms with Gasteiger partial charge >= 0.3 is 11.9 Å². The van der Waals surface area contributed by atoms with E-state index in [1.807, 2.05) is 30.3 Å². The van der Waals surface area contributed by atoms with Crippen molar-refractivity contribution in [3.63, 3.8) is 0 Å². The number of rotatable bonds is 2. The number of aromatic nitrogens is 1. The van der Waals surface area contributed by atoms with Crippen molar-refractivity contribution in [3.05, 3.63) is 63.8 Å². The molecule has 0 spiro atoms. The topological polar surface area (TPSA) is 80.4 Å². The molecule has 8 heteroatoms. The van der Waals surface area contributed by atoms with Crippen molar-refractivity contribution in [2.24, 2.45) is 0 Å². The van der Waals surface area contributed by atoms with Gasteiger partial charge in [0.15, 0.2) is 0 Å². The lowest BCUT2D eigenvalue weighted by Crippen LogP contribution is -2.27. The van der Waals surface area contributed by atoms with E-state index in [1.165, 1.54) is 14.2 Å². The van der Waals surface area contributed by atoms with E-state index < -0.39 is 5.97 Å². The number of ether oxygens (including phenoxy) is 2. The van der Waals surface area contributed by atoms with Gasteiger partial charge in [0, 0.05) is 33.1 Å². The lowest BCUT2D eigenvalue weighted by atomic mass is 10.1. The Morgan fingerprint density at radius 3 is 2.39 bits per heavy atom. The first kappa shape index (κ1) is 20.0. The number of methoxy groups -OCH3 is 2. The van der Waals surface area contributed by atoms with Crippen LogP contribution >= 0.6 is 23.2 Å². The number of hydrogen-bond donors (Lipinski definition) is 2. The number of H-pyrrole nitrogens is 1. The molecule has 0 saturated heterocycles. The Labute approximate surface area is 171 Å². The van der Waals surface area contributed by atoms with Crippen LogP contribution in [0, 0.1) is 0 Å². The molecule has 0 bridgehead atoms. The van der Waals surface area contributed by atoms with Crippen LogP contribution in [-0.2, 0) is 20.7 Å². The van der Waals surface area contributed by atoms with Crippen LogP contribution in [0.1, 0.15) is 16.1 Å². The summed E-state index contributed by atoms with van der Waals surface area (Å²) in [4.78, 5) is 25.4. The molecule has 28 heavy (non-hydrogen) atoms. The van der Waals surface area contributed by atoms with Gasteiger partial charge in [-0.05, 0) is 35.9 Å². The van der Waals surface area contributed by atoms with Gasteiger partial charge in [-0.2, -0.15) is 0 Å². The van der Waals surface area contributed by atoms with Gasteiger partial charge in [0.25, 0.3) is 0 Å². The summed E-state index contributed by atoms with van der Waals surface area (Å²) in [6.45, 7) is 0. The fourth-order valence-corrected chi connectivity index (χ4v) is 3.45. The first-order valence-electron chi connectivity index (χ1n) is 8.42. The normalized spacial score (nSPS) is 14.5. The fourth-order valence-electron chi connectivity index (χ4n) is 2.97. The van der Waals surface area contributed by atoms with Crippen LogP contribution in [-0.4, -0.2) is 37.2 Å². The van der Waals surface area contributed by atoms with Crippen molar-refractivity contribution in [2.75, 3.05) is 19.5 Å². The molecule has 1 aromatic heterocycles. The van der Waals surface area contributed by atoms with Crippen LogP contribution in [0.4, 0.5) is 5.69 Å². The van der Waals surface area contributed by atoms with Crippen molar-refractivity contribution in [1.82, 2.24) is 4.98 Å². The van der Waals surface area contributed by atoms with Crippen LogP contribution in [0.5, 0.6) is 0 Å². The third-order valence-electron chi connectivity index (χ3n) is 4.36. The number of carbonyl (C=O) groups excluding carboxylic acids is 2. The Kier molecular flexibility index (Phi) is 6.11. The van der Waals surface area contributed by atoms with Crippen molar-refractivity contribution < 1.29 is 19.1 Å². The molecule has 146 valence electrons. The zero-order valence-corrected chi connectivity index (χ0v) is 16.7. The predicted octanol–water partition coefficient (Wildman–Crippen LogP) is 4.46. The quantitative estimate of drug-likeness (QED) is 0.598. The van der Waals surface area contributed by atoms with Gasteiger partial charge in [0.2, 0.25) is 0 Å². The van der Waals surface area contributed by atoms with E-state index in [0.717, 1.165) is 22.2 Å². The second-order valence-electron chi connectivity index (χ2n) is 6.07. The first-order valence-corrected chi connectivity index (χ1v) is 9.17. The van der Waals surface area contributed by atoms with E-state index in [0.29, 0.717) is 22.2 Å². The van der Waals surface area contributed by atoms with E-state index in [9.17, 15) is 9.59 Å². The minimum absolute atomic E-state index is 0.253. The molecule has 2 aromatic carbocycles. The molecule has 2 N–H and O–H groups in total. The lowest BCUT2D eigenvalue weighted by molar-refractivity contribution is -0.141. The average Bonchev–Trinajstić information content (AvgIpc) is 3.33. The van der Waals surface area contributed by atoms with Gasteiger partial charge in [-0.15, -0.1) is 0 Å². The van der Waals surface area contributed by atoms with Gasteiger partial charge < -0.3 is 19.8 Å². The van der Waals surface area contributed by atoms with Gasteiger partial charge in [0.1, 0.15) is 11.7 Å². The number of benzene rings is 2. The van der Waals surface area contributed by atoms with E-state index in [-0.39, 0.29) is 12.0 Å². The number of fused-ring (bicyclic) bond motifs is 2. The highest BCUT2D eigenvalue weighted by molar-refractivity contribution is 6.35. The molecule has 3 aromatic rings. The smallest absolute Gasteiger partial charge is 0.354 e. The second kappa shape index (κ2) is 8.54. The third kappa shape index (κ3) is 4.08. The highest BCUT2D eigenvalue weighted by Crippen LogP contribution is 2.31. The fraction of sp³-hybridized carbons (Fsp3) is 0.200. The average molecular weight is 421 g/mol. The summed E-state index contributed by atoms with van der Waals surface area (Å²) in [6, 6.07) is 12.4. The minimum atomic E-state index is -0.391. The Bertz CT molecular complexity index is 1030. The largest absolute Gasteiger partial charge is 0.467 e. The van der Waals surface area contributed by atoms with Gasteiger partial charge in [-0.25, -0.2) is 9.59 Å². The molecular weight excluding hydrogens is 403 g/mol. The second-order valence-corrected chi connectivity index (χ2v) is 6.88. The van der Waals surface area contributed by atoms with Crippen LogP contribution in [0.25, 0.3) is 10.9 Å². The van der Waals surface area contributed by atoms with Crippen molar-refractivity contribution in [2.45, 2.75) is 12.5 Å². The number of halogens is 2. The Hall–Kier alpha value is -2.70. The summed E-state index contributed by atoms with van der Waals surface area (Å²) in [7, 11) is 2.73. The molecule has 2 heterocycles. The number of aromatic amines is 1. The maximum atomic E-state index is 11.3. The Balaban J connectivity index is 0.000000161. The molecule has 4 rings (SSSR count). The lowest BCUT2D eigenvalue weighted by Gasteiger charge is -2.07. The number of anilines is 1. The van der Waals surface area contributed by atoms with Crippen LogP contribution < -0.4 is 5.32 Å². The molecule has 0 amide bonds. The monoisotopic (exact) mass is 420 g/mol. The van der Waals surface area contributed by atoms with Crippen molar-refractivity contribution in [3.8, 4) is 0 Å². The van der Waals surface area contributed by atoms with Crippen molar-refractivity contribution >= 4 is 51.7 Å². The number of hydrogen-bond acceptors (Lipinski definition) is 5. The van der Waals surface area contributed by atoms with E-state index >= 15 is 0 Å². The molecule has 1 atom stereocenters. The number of nitrogens with one attached hydrogen (secondary N) is 2. The highest BCUT2D eigenvalue weighted by Gasteiger charge is 2.28.